The number of ether oxygens (including phenoxy) is 2. The molecular formula is C13H22N2O4. The first-order chi connectivity index (χ1) is 9.13. The van der Waals surface area contributed by atoms with Gasteiger partial charge in [0, 0.05) is 13.1 Å². The summed E-state index contributed by atoms with van der Waals surface area (Å²) in [5.41, 5.74) is 0. The van der Waals surface area contributed by atoms with Gasteiger partial charge in [-0.05, 0) is 26.2 Å². The van der Waals surface area contributed by atoms with Crippen LogP contribution < -0.4 is 5.32 Å². The number of likely N-dealkylation sites (N-methyl/N-ethyl adjacent to an activating group) is 1. The highest BCUT2D eigenvalue weighted by molar-refractivity contribution is 5.86. The molecular weight excluding hydrogens is 248 g/mol. The van der Waals surface area contributed by atoms with Crippen LogP contribution in [0.25, 0.3) is 0 Å². The zero-order chi connectivity index (χ0) is 14.1. The Labute approximate surface area is 113 Å². The second kappa shape index (κ2) is 8.68. The number of rotatable bonds is 9. The zero-order valence-corrected chi connectivity index (χ0v) is 11.8. The van der Waals surface area contributed by atoms with Crippen molar-refractivity contribution in [3.63, 3.8) is 0 Å². The minimum absolute atomic E-state index is 0.224. The summed E-state index contributed by atoms with van der Waals surface area (Å²) in [7, 11) is 5.35. The molecule has 1 aromatic heterocycles. The molecule has 0 amide bonds. The van der Waals surface area contributed by atoms with Gasteiger partial charge in [0.1, 0.15) is 5.76 Å². The summed E-state index contributed by atoms with van der Waals surface area (Å²) < 4.78 is 15.3. The van der Waals surface area contributed by atoms with E-state index in [0.717, 1.165) is 19.7 Å². The van der Waals surface area contributed by atoms with E-state index in [1.807, 2.05) is 14.1 Å². The second-order valence-electron chi connectivity index (χ2n) is 4.35. The van der Waals surface area contributed by atoms with E-state index in [2.05, 4.69) is 15.0 Å². The van der Waals surface area contributed by atoms with Gasteiger partial charge < -0.3 is 24.1 Å². The van der Waals surface area contributed by atoms with Gasteiger partial charge >= 0.3 is 5.97 Å². The summed E-state index contributed by atoms with van der Waals surface area (Å²) >= 11 is 0. The smallest absolute Gasteiger partial charge is 0.373 e. The van der Waals surface area contributed by atoms with Crippen molar-refractivity contribution < 1.29 is 18.7 Å². The van der Waals surface area contributed by atoms with Gasteiger partial charge in [0.15, 0.2) is 0 Å². The van der Waals surface area contributed by atoms with Crippen LogP contribution >= 0.6 is 0 Å². The molecule has 0 aliphatic rings. The van der Waals surface area contributed by atoms with E-state index in [-0.39, 0.29) is 5.76 Å². The van der Waals surface area contributed by atoms with E-state index in [0.29, 0.717) is 18.9 Å². The standard InChI is InChI=1S/C13H22N2O4/c1-15(2)7-9-18-8-6-14-10-11-4-5-12(19-11)13(16)17-3/h4-5,14H,6-10H2,1-3H3. The molecule has 0 saturated carbocycles. The lowest BCUT2D eigenvalue weighted by Gasteiger charge is -2.09. The molecule has 1 heterocycles. The summed E-state index contributed by atoms with van der Waals surface area (Å²) in [6.45, 7) is 3.59. The molecule has 0 aliphatic heterocycles. The lowest BCUT2D eigenvalue weighted by atomic mass is 10.4. The average molecular weight is 270 g/mol. The molecule has 1 N–H and O–H groups in total. The maximum absolute atomic E-state index is 11.2. The van der Waals surface area contributed by atoms with Crippen molar-refractivity contribution in [2.45, 2.75) is 6.54 Å². The van der Waals surface area contributed by atoms with Gasteiger partial charge in [0.25, 0.3) is 0 Å². The number of carbonyl (C=O) groups is 1. The van der Waals surface area contributed by atoms with Crippen molar-refractivity contribution in [1.29, 1.82) is 0 Å². The van der Waals surface area contributed by atoms with Crippen LogP contribution in [0, 0.1) is 0 Å². The Bertz CT molecular complexity index is 376. The lowest BCUT2D eigenvalue weighted by Crippen LogP contribution is -2.22. The molecule has 0 unspecified atom stereocenters. The number of hydrogen-bond donors (Lipinski definition) is 1. The van der Waals surface area contributed by atoms with E-state index in [9.17, 15) is 4.79 Å². The zero-order valence-electron chi connectivity index (χ0n) is 11.8. The van der Waals surface area contributed by atoms with E-state index >= 15 is 0 Å². The molecule has 0 aliphatic carbocycles. The molecule has 0 bridgehead atoms. The topological polar surface area (TPSA) is 63.9 Å². The Kier molecular flexibility index (Phi) is 7.17. The molecule has 19 heavy (non-hydrogen) atoms. The van der Waals surface area contributed by atoms with E-state index < -0.39 is 5.97 Å². The average Bonchev–Trinajstić information content (AvgIpc) is 2.85. The predicted octanol–water partition coefficient (Wildman–Crippen LogP) is 0.734. The van der Waals surface area contributed by atoms with E-state index in [1.165, 1.54) is 7.11 Å². The molecule has 6 nitrogen and oxygen atoms in total. The van der Waals surface area contributed by atoms with Gasteiger partial charge in [0.05, 0.1) is 26.9 Å². The third-order valence-electron chi connectivity index (χ3n) is 2.45. The van der Waals surface area contributed by atoms with Crippen LogP contribution in [-0.4, -0.2) is 58.4 Å². The van der Waals surface area contributed by atoms with Crippen LogP contribution in [0.3, 0.4) is 0 Å². The van der Waals surface area contributed by atoms with Crippen molar-refractivity contribution in [2.24, 2.45) is 0 Å². The molecule has 6 heteroatoms. The van der Waals surface area contributed by atoms with Gasteiger partial charge in [-0.25, -0.2) is 4.79 Å². The SMILES string of the molecule is COC(=O)c1ccc(CNCCOCCN(C)C)o1. The highest BCUT2D eigenvalue weighted by Gasteiger charge is 2.10. The van der Waals surface area contributed by atoms with Crippen LogP contribution in [0.1, 0.15) is 16.3 Å². The van der Waals surface area contributed by atoms with Crippen molar-refractivity contribution in [3.05, 3.63) is 23.7 Å². The van der Waals surface area contributed by atoms with Crippen LogP contribution in [0.15, 0.2) is 16.5 Å². The molecule has 0 saturated heterocycles. The van der Waals surface area contributed by atoms with Crippen molar-refractivity contribution >= 4 is 5.97 Å². The van der Waals surface area contributed by atoms with Gasteiger partial charge in [-0.15, -0.1) is 0 Å². The molecule has 1 aromatic rings. The van der Waals surface area contributed by atoms with Crippen LogP contribution in [-0.2, 0) is 16.0 Å². The second-order valence-corrected chi connectivity index (χ2v) is 4.35. The van der Waals surface area contributed by atoms with Crippen LogP contribution in [0.2, 0.25) is 0 Å². The number of furan rings is 1. The molecule has 1 rings (SSSR count). The summed E-state index contributed by atoms with van der Waals surface area (Å²) in [5, 5.41) is 3.18. The lowest BCUT2D eigenvalue weighted by molar-refractivity contribution is 0.0562. The number of nitrogens with zero attached hydrogens (tertiary/aromatic N) is 1. The Morgan fingerprint density at radius 1 is 1.37 bits per heavy atom. The largest absolute Gasteiger partial charge is 0.463 e. The third-order valence-corrected chi connectivity index (χ3v) is 2.45. The fourth-order valence-corrected chi connectivity index (χ4v) is 1.39. The van der Waals surface area contributed by atoms with Gasteiger partial charge in [-0.3, -0.25) is 0 Å². The van der Waals surface area contributed by atoms with Crippen molar-refractivity contribution in [3.8, 4) is 0 Å². The Morgan fingerprint density at radius 3 is 2.84 bits per heavy atom. The van der Waals surface area contributed by atoms with E-state index in [1.54, 1.807) is 12.1 Å². The first kappa shape index (κ1) is 15.7. The molecule has 0 spiro atoms. The fraction of sp³-hybridized carbons (Fsp3) is 0.615. The van der Waals surface area contributed by atoms with Gasteiger partial charge in [0.2, 0.25) is 5.76 Å². The minimum Gasteiger partial charge on any atom is -0.463 e. The van der Waals surface area contributed by atoms with Crippen molar-refractivity contribution in [2.75, 3.05) is 47.5 Å². The predicted molar refractivity (Wildman–Crippen MR) is 71.1 cm³/mol. The summed E-state index contributed by atoms with van der Waals surface area (Å²) in [6, 6.07) is 3.36. The summed E-state index contributed by atoms with van der Waals surface area (Å²) in [4.78, 5) is 13.2. The first-order valence-electron chi connectivity index (χ1n) is 6.23. The molecule has 0 fully saturated rings. The Balaban J connectivity index is 2.09. The summed E-state index contributed by atoms with van der Waals surface area (Å²) in [5.74, 6) is 0.466. The number of esters is 1. The Morgan fingerprint density at radius 2 is 2.16 bits per heavy atom. The van der Waals surface area contributed by atoms with E-state index in [4.69, 9.17) is 9.15 Å². The fourth-order valence-electron chi connectivity index (χ4n) is 1.39. The molecule has 0 atom stereocenters. The number of nitrogens with one attached hydrogen (secondary N) is 1. The number of carbonyl (C=O) groups excluding carboxylic acids is 1. The van der Waals surface area contributed by atoms with Gasteiger partial charge in [-0.2, -0.15) is 0 Å². The normalized spacial score (nSPS) is 10.9. The first-order valence-corrected chi connectivity index (χ1v) is 6.23. The maximum atomic E-state index is 11.2. The van der Waals surface area contributed by atoms with Gasteiger partial charge in [-0.1, -0.05) is 0 Å². The minimum atomic E-state index is -0.460. The monoisotopic (exact) mass is 270 g/mol. The number of methoxy groups -OCH3 is 1. The summed E-state index contributed by atoms with van der Waals surface area (Å²) in [6.07, 6.45) is 0. The number of hydrogen-bond acceptors (Lipinski definition) is 6. The Hall–Kier alpha value is -1.37. The third kappa shape index (κ3) is 6.37. The highest BCUT2D eigenvalue weighted by atomic mass is 16.5. The quantitative estimate of drug-likeness (QED) is 0.527. The molecule has 0 aromatic carbocycles. The molecule has 0 radical (unpaired) electrons. The van der Waals surface area contributed by atoms with Crippen LogP contribution in [0.4, 0.5) is 0 Å². The maximum Gasteiger partial charge on any atom is 0.373 e. The van der Waals surface area contributed by atoms with Crippen LogP contribution in [0.5, 0.6) is 0 Å². The molecule has 108 valence electrons. The van der Waals surface area contributed by atoms with Crippen molar-refractivity contribution in [1.82, 2.24) is 10.2 Å². The highest BCUT2D eigenvalue weighted by Crippen LogP contribution is 2.08.